The van der Waals surface area contributed by atoms with Gasteiger partial charge in [0.2, 0.25) is 5.91 Å². The van der Waals surface area contributed by atoms with E-state index < -0.39 is 23.6 Å². The van der Waals surface area contributed by atoms with E-state index >= 15 is 0 Å². The van der Waals surface area contributed by atoms with Crippen LogP contribution in [0.15, 0.2) is 42.5 Å². The van der Waals surface area contributed by atoms with Gasteiger partial charge in [-0.25, -0.2) is 4.98 Å². The number of carbonyl (C=O) groups is 2. The summed E-state index contributed by atoms with van der Waals surface area (Å²) in [6.07, 6.45) is -4.19. The fraction of sp³-hybridized carbons (Fsp3) is 0.211. The molecule has 1 heterocycles. The highest BCUT2D eigenvalue weighted by molar-refractivity contribution is 7.18. The predicted molar refractivity (Wildman–Crippen MR) is 102 cm³/mol. The smallest absolute Gasteiger partial charge is 0.416 e. The first-order valence-corrected chi connectivity index (χ1v) is 9.28. The largest absolute Gasteiger partial charge is 0.496 e. The van der Waals surface area contributed by atoms with Gasteiger partial charge in [0, 0.05) is 12.8 Å². The zero-order chi connectivity index (χ0) is 21.0. The van der Waals surface area contributed by atoms with Gasteiger partial charge in [-0.2, -0.15) is 13.2 Å². The van der Waals surface area contributed by atoms with Gasteiger partial charge in [-0.1, -0.05) is 12.1 Å². The van der Waals surface area contributed by atoms with Crippen LogP contribution in [0.3, 0.4) is 0 Å². The Kier molecular flexibility index (Phi) is 6.02. The third-order valence-electron chi connectivity index (χ3n) is 3.99. The van der Waals surface area contributed by atoms with Crippen LogP contribution in [0.1, 0.15) is 27.3 Å². The van der Waals surface area contributed by atoms with Crippen molar-refractivity contribution in [2.45, 2.75) is 19.0 Å². The van der Waals surface area contributed by atoms with Gasteiger partial charge in [0.05, 0.1) is 33.5 Å². The fourth-order valence-corrected chi connectivity index (χ4v) is 3.51. The number of hydrogen-bond acceptors (Lipinski definition) is 5. The average Bonchev–Trinajstić information content (AvgIpc) is 3.12. The molecule has 0 aliphatic heterocycles. The van der Waals surface area contributed by atoms with E-state index in [0.717, 1.165) is 12.1 Å². The van der Waals surface area contributed by atoms with Crippen LogP contribution in [0.2, 0.25) is 0 Å². The number of aryl methyl sites for hydroxylation is 1. The average molecular weight is 423 g/mol. The van der Waals surface area contributed by atoms with E-state index in [0.29, 0.717) is 15.5 Å². The fourth-order valence-electron chi connectivity index (χ4n) is 2.57. The molecular formula is C19H16F3N3O3S. The van der Waals surface area contributed by atoms with E-state index in [-0.39, 0.29) is 23.9 Å². The highest BCUT2D eigenvalue weighted by Crippen LogP contribution is 2.33. The SMILES string of the molecule is COc1ccccc1C(=O)NNC(=O)CCc1nc2cc(C(F)(F)F)ccc2s1. The minimum absolute atomic E-state index is 0.0121. The second-order valence-corrected chi connectivity index (χ2v) is 7.11. The van der Waals surface area contributed by atoms with Crippen LogP contribution >= 0.6 is 11.3 Å². The highest BCUT2D eigenvalue weighted by Gasteiger charge is 2.30. The Morgan fingerprint density at radius 2 is 1.90 bits per heavy atom. The molecule has 2 aromatic carbocycles. The van der Waals surface area contributed by atoms with Crippen molar-refractivity contribution in [3.05, 3.63) is 58.6 Å². The van der Waals surface area contributed by atoms with Gasteiger partial charge in [0.15, 0.2) is 0 Å². The van der Waals surface area contributed by atoms with Gasteiger partial charge in [0.1, 0.15) is 5.75 Å². The van der Waals surface area contributed by atoms with Crippen molar-refractivity contribution in [2.75, 3.05) is 7.11 Å². The summed E-state index contributed by atoms with van der Waals surface area (Å²) in [6, 6.07) is 9.91. The molecule has 0 fully saturated rings. The summed E-state index contributed by atoms with van der Waals surface area (Å²) < 4.78 is 44.0. The first kappa shape index (κ1) is 20.6. The predicted octanol–water partition coefficient (Wildman–Crippen LogP) is 3.72. The molecule has 0 unspecified atom stereocenters. The second-order valence-electron chi connectivity index (χ2n) is 5.99. The van der Waals surface area contributed by atoms with Crippen LogP contribution < -0.4 is 15.6 Å². The number of carbonyl (C=O) groups excluding carboxylic acids is 2. The molecular weight excluding hydrogens is 407 g/mol. The van der Waals surface area contributed by atoms with E-state index in [1.807, 2.05) is 0 Å². The van der Waals surface area contributed by atoms with E-state index in [2.05, 4.69) is 15.8 Å². The maximum absolute atomic E-state index is 12.8. The molecule has 0 saturated carbocycles. The number of hydrazine groups is 1. The minimum atomic E-state index is -4.43. The summed E-state index contributed by atoms with van der Waals surface area (Å²) in [5, 5.41) is 0.533. The number of thiazole rings is 1. The molecule has 0 aliphatic carbocycles. The number of rotatable bonds is 5. The number of alkyl halides is 3. The molecule has 6 nitrogen and oxygen atoms in total. The number of halogens is 3. The maximum Gasteiger partial charge on any atom is 0.416 e. The van der Waals surface area contributed by atoms with Gasteiger partial charge in [-0.15, -0.1) is 11.3 Å². The molecule has 3 rings (SSSR count). The van der Waals surface area contributed by atoms with Crippen LogP contribution in [0.5, 0.6) is 5.75 Å². The standard InChI is InChI=1S/C19H16F3N3O3S/c1-28-14-5-3-2-4-12(14)18(27)25-24-16(26)8-9-17-23-13-10-11(19(20,21)22)6-7-15(13)29-17/h2-7,10H,8-9H2,1H3,(H,24,26)(H,25,27). The Morgan fingerprint density at radius 3 is 2.62 bits per heavy atom. The molecule has 0 radical (unpaired) electrons. The number of para-hydroxylation sites is 1. The van der Waals surface area contributed by atoms with E-state index in [1.54, 1.807) is 24.3 Å². The lowest BCUT2D eigenvalue weighted by atomic mass is 10.2. The van der Waals surface area contributed by atoms with Gasteiger partial charge >= 0.3 is 6.18 Å². The zero-order valence-electron chi connectivity index (χ0n) is 15.2. The number of fused-ring (bicyclic) bond motifs is 1. The number of aromatic nitrogens is 1. The lowest BCUT2D eigenvalue weighted by Crippen LogP contribution is -2.41. The number of methoxy groups -OCH3 is 1. The lowest BCUT2D eigenvalue weighted by molar-refractivity contribution is -0.137. The van der Waals surface area contributed by atoms with E-state index in [9.17, 15) is 22.8 Å². The molecule has 29 heavy (non-hydrogen) atoms. The number of hydrogen-bond donors (Lipinski definition) is 2. The molecule has 3 aromatic rings. The van der Waals surface area contributed by atoms with Crippen molar-refractivity contribution in [3.63, 3.8) is 0 Å². The molecule has 10 heteroatoms. The summed E-state index contributed by atoms with van der Waals surface area (Å²) in [6.45, 7) is 0. The van der Waals surface area contributed by atoms with Gasteiger partial charge in [-0.05, 0) is 30.3 Å². The summed E-state index contributed by atoms with van der Waals surface area (Å²) in [7, 11) is 1.43. The zero-order valence-corrected chi connectivity index (χ0v) is 16.0. The number of nitrogens with zero attached hydrogens (tertiary/aromatic N) is 1. The van der Waals surface area contributed by atoms with Crippen molar-refractivity contribution in [1.29, 1.82) is 0 Å². The number of ether oxygens (including phenoxy) is 1. The second kappa shape index (κ2) is 8.48. The molecule has 152 valence electrons. The molecule has 2 amide bonds. The van der Waals surface area contributed by atoms with Gasteiger partial charge in [0.25, 0.3) is 5.91 Å². The Balaban J connectivity index is 1.56. The Morgan fingerprint density at radius 1 is 1.14 bits per heavy atom. The van der Waals surface area contributed by atoms with E-state index in [1.165, 1.54) is 24.5 Å². The molecule has 0 atom stereocenters. The number of nitrogens with one attached hydrogen (secondary N) is 2. The normalized spacial score (nSPS) is 11.3. The monoisotopic (exact) mass is 423 g/mol. The molecule has 0 aliphatic rings. The van der Waals surface area contributed by atoms with Crippen molar-refractivity contribution >= 4 is 33.4 Å². The molecule has 1 aromatic heterocycles. The first-order chi connectivity index (χ1) is 13.8. The number of amides is 2. The van der Waals surface area contributed by atoms with Crippen molar-refractivity contribution in [1.82, 2.24) is 15.8 Å². The van der Waals surface area contributed by atoms with Crippen molar-refractivity contribution in [3.8, 4) is 5.75 Å². The van der Waals surface area contributed by atoms with Crippen LogP contribution in [0, 0.1) is 0 Å². The Bertz CT molecular complexity index is 1050. The molecule has 0 spiro atoms. The minimum Gasteiger partial charge on any atom is -0.496 e. The van der Waals surface area contributed by atoms with Gasteiger partial charge < -0.3 is 4.74 Å². The topological polar surface area (TPSA) is 80.3 Å². The first-order valence-electron chi connectivity index (χ1n) is 8.47. The molecule has 0 bridgehead atoms. The van der Waals surface area contributed by atoms with Crippen molar-refractivity contribution in [2.24, 2.45) is 0 Å². The van der Waals surface area contributed by atoms with Crippen LogP contribution in [-0.2, 0) is 17.4 Å². The van der Waals surface area contributed by atoms with Crippen LogP contribution in [0.4, 0.5) is 13.2 Å². The Hall–Kier alpha value is -3.14. The summed E-state index contributed by atoms with van der Waals surface area (Å²) in [4.78, 5) is 28.3. The van der Waals surface area contributed by atoms with Crippen molar-refractivity contribution < 1.29 is 27.5 Å². The molecule has 0 saturated heterocycles. The van der Waals surface area contributed by atoms with Crippen LogP contribution in [0.25, 0.3) is 10.2 Å². The summed E-state index contributed by atoms with van der Waals surface area (Å²) in [5.74, 6) is -0.620. The number of benzene rings is 2. The quantitative estimate of drug-likeness (QED) is 0.613. The van der Waals surface area contributed by atoms with Gasteiger partial charge in [-0.3, -0.25) is 20.4 Å². The summed E-state index contributed by atoms with van der Waals surface area (Å²) >= 11 is 1.22. The molecule has 2 N–H and O–H groups in total. The summed E-state index contributed by atoms with van der Waals surface area (Å²) in [5.41, 5.74) is 4.34. The third-order valence-corrected chi connectivity index (χ3v) is 5.09. The third kappa shape index (κ3) is 5.02. The van der Waals surface area contributed by atoms with E-state index in [4.69, 9.17) is 4.74 Å². The lowest BCUT2D eigenvalue weighted by Gasteiger charge is -2.09. The maximum atomic E-state index is 12.8. The highest BCUT2D eigenvalue weighted by atomic mass is 32.1. The van der Waals surface area contributed by atoms with Crippen LogP contribution in [-0.4, -0.2) is 23.9 Å². The Labute approximate surface area is 167 Å².